The Kier molecular flexibility index (Phi) is 10.4. The van der Waals surface area contributed by atoms with Gasteiger partial charge >= 0.3 is 0 Å². The molecule has 1 N–H and O–H groups in total. The van der Waals surface area contributed by atoms with Crippen molar-refractivity contribution >= 4 is 11.0 Å². The van der Waals surface area contributed by atoms with Crippen LogP contribution in [0.2, 0.25) is 0 Å². The summed E-state index contributed by atoms with van der Waals surface area (Å²) in [5.74, 6) is 0.857. The van der Waals surface area contributed by atoms with Crippen molar-refractivity contribution in [3.63, 3.8) is 0 Å². The number of rotatable bonds is 7. The summed E-state index contributed by atoms with van der Waals surface area (Å²) in [6.07, 6.45) is 1.68. The molecule has 0 aliphatic rings. The molecule has 7 aromatic carbocycles. The van der Waals surface area contributed by atoms with E-state index in [1.54, 1.807) is 12.3 Å². The Morgan fingerprint density at radius 3 is 1.60 bits per heavy atom. The molecule has 0 bridgehead atoms. The van der Waals surface area contributed by atoms with E-state index in [2.05, 4.69) is 179 Å². The maximum Gasteiger partial charge on any atom is 0.149 e. The van der Waals surface area contributed by atoms with E-state index in [1.165, 1.54) is 0 Å². The number of para-hydroxylation sites is 1. The van der Waals surface area contributed by atoms with E-state index in [9.17, 15) is 7.85 Å². The van der Waals surface area contributed by atoms with Crippen molar-refractivity contribution in [2.75, 3.05) is 0 Å². The van der Waals surface area contributed by atoms with Crippen molar-refractivity contribution in [2.24, 2.45) is 0 Å². The molecule has 0 fully saturated rings. The molecule has 0 saturated carbocycles. The van der Waals surface area contributed by atoms with Gasteiger partial charge in [0, 0.05) is 22.9 Å². The number of aromatic nitrogens is 3. The Morgan fingerprint density at radius 1 is 0.441 bits per heavy atom. The van der Waals surface area contributed by atoms with Gasteiger partial charge < -0.3 is 5.11 Å². The van der Waals surface area contributed by atoms with E-state index in [0.717, 1.165) is 66.8 Å². The zero-order valence-electron chi connectivity index (χ0n) is 45.6. The first kappa shape index (κ1) is 41.2. The number of imidazole rings is 1. The molecule has 68 heavy (non-hydrogen) atoms. The topological polar surface area (TPSA) is 50.9 Å². The second kappa shape index (κ2) is 17.2. The van der Waals surface area contributed by atoms with Crippen LogP contribution in [0.3, 0.4) is 0 Å². The third-order valence-corrected chi connectivity index (χ3v) is 13.0. The lowest BCUT2D eigenvalue weighted by Gasteiger charge is -2.28. The summed E-state index contributed by atoms with van der Waals surface area (Å²) in [5.41, 5.74) is 13.6. The first-order valence-electron chi connectivity index (χ1n) is 25.7. The Hall–Kier alpha value is -7.04. The molecule has 9 aromatic rings. The largest absolute Gasteiger partial charge is 0.507 e. The van der Waals surface area contributed by atoms with Crippen LogP contribution in [0.25, 0.3) is 83.9 Å². The molecule has 2 heterocycles. The third-order valence-electron chi connectivity index (χ3n) is 13.0. The normalized spacial score (nSPS) is 13.3. The summed E-state index contributed by atoms with van der Waals surface area (Å²) in [6, 6.07) is 46.7. The fourth-order valence-corrected chi connectivity index (χ4v) is 9.02. The summed E-state index contributed by atoms with van der Waals surface area (Å²) in [4.78, 5) is 10.6. The highest BCUT2D eigenvalue weighted by molar-refractivity contribution is 5.97. The number of phenols is 1. The van der Waals surface area contributed by atoms with E-state index in [-0.39, 0.29) is 62.7 Å². The third kappa shape index (κ3) is 9.05. The first-order valence-corrected chi connectivity index (χ1v) is 23.7. The summed E-state index contributed by atoms with van der Waals surface area (Å²) in [6.45, 7) is 26.4. The van der Waals surface area contributed by atoms with Gasteiger partial charge in [0.25, 0.3) is 0 Å². The van der Waals surface area contributed by atoms with Gasteiger partial charge in [0.1, 0.15) is 11.6 Å². The van der Waals surface area contributed by atoms with Crippen molar-refractivity contribution in [1.29, 1.82) is 0 Å². The average Bonchev–Trinajstić information content (AvgIpc) is 3.72. The second-order valence-electron chi connectivity index (χ2n) is 22.3. The lowest BCUT2D eigenvalue weighted by molar-refractivity contribution is 0.446. The summed E-state index contributed by atoms with van der Waals surface area (Å²) < 4.78 is 38.7. The zero-order chi connectivity index (χ0) is 51.8. The molecule has 4 heteroatoms. The number of fused-ring (bicyclic) bond motifs is 1. The van der Waals surface area contributed by atoms with Crippen LogP contribution in [0.5, 0.6) is 5.75 Å². The molecule has 9 rings (SSSR count). The van der Waals surface area contributed by atoms with E-state index in [0.29, 0.717) is 28.2 Å². The predicted octanol–water partition coefficient (Wildman–Crippen LogP) is 17.3. The van der Waals surface area contributed by atoms with Gasteiger partial charge in [-0.3, -0.25) is 9.55 Å². The number of hydrogen-bond donors (Lipinski definition) is 1. The molecule has 342 valence electrons. The van der Waals surface area contributed by atoms with Crippen LogP contribution in [0.4, 0.5) is 0 Å². The van der Waals surface area contributed by atoms with Crippen molar-refractivity contribution in [2.45, 2.75) is 105 Å². The van der Waals surface area contributed by atoms with Crippen molar-refractivity contribution in [3.8, 4) is 78.6 Å². The molecule has 0 unspecified atom stereocenters. The van der Waals surface area contributed by atoms with E-state index in [4.69, 9.17) is 12.7 Å². The second-order valence-corrected chi connectivity index (χ2v) is 22.3. The average molecular weight is 896 g/mol. The van der Waals surface area contributed by atoms with Gasteiger partial charge in [-0.25, -0.2) is 4.98 Å². The molecule has 0 aliphatic carbocycles. The fourth-order valence-electron chi connectivity index (χ4n) is 9.02. The number of hydrogen-bond acceptors (Lipinski definition) is 3. The van der Waals surface area contributed by atoms with Gasteiger partial charge in [0.05, 0.1) is 33.5 Å². The molecular weight excluding hydrogens is 827 g/mol. The maximum absolute atomic E-state index is 12.6. The molecule has 2 aromatic heterocycles. The Bertz CT molecular complexity index is 3520. The highest BCUT2D eigenvalue weighted by Crippen LogP contribution is 2.46. The maximum atomic E-state index is 12.6. The van der Waals surface area contributed by atoms with Crippen LogP contribution in [0.1, 0.15) is 111 Å². The number of pyridine rings is 1. The van der Waals surface area contributed by atoms with Gasteiger partial charge in [-0.1, -0.05) is 198 Å². The monoisotopic (exact) mass is 896 g/mol. The van der Waals surface area contributed by atoms with Crippen molar-refractivity contribution in [3.05, 3.63) is 192 Å². The SMILES string of the molecule is [2H]c1c([2H])c(-c2ccnc(-c3cc(-c4cccc5c4nc(-c4cc(C(C)(C)C)cc(C(C)(C)C)c4O)n5-c4ccc(-c5ccccc5)cc4C(C)(C)C)cc(C(C)(C)C)c3)c2)c([2H])c([2H])c1-c1ccccc1. The minimum absolute atomic E-state index is 0.0886. The van der Waals surface area contributed by atoms with E-state index in [1.807, 2.05) is 42.5 Å². The van der Waals surface area contributed by atoms with Crippen LogP contribution in [0.15, 0.2) is 170 Å². The molecule has 4 nitrogen and oxygen atoms in total. The molecule has 0 saturated heterocycles. The molecule has 0 amide bonds. The minimum atomic E-state index is -0.367. The number of benzene rings is 7. The fraction of sp³-hybridized carbons (Fsp3) is 0.250. The number of nitrogens with zero attached hydrogens (tertiary/aromatic N) is 3. The van der Waals surface area contributed by atoms with Crippen LogP contribution in [-0.2, 0) is 21.7 Å². The van der Waals surface area contributed by atoms with Gasteiger partial charge in [0.15, 0.2) is 0 Å². The standard InChI is InChI=1S/C64H65N3O/c1-61(2,3)49-35-47(34-48(36-49)55-38-46(32-33-65-55)44-28-26-43(27-29-44)41-20-15-13-16-21-41)51-24-19-25-57-58(51)66-60(52-39-50(62(4,5)6)40-54(59(52)68)64(10,11)12)67(57)56-31-30-45(37-53(56)63(7,8)9)42-22-17-14-18-23-42/h13-40,68H,1-12H3/i26D,27D,28D,29D. The van der Waals surface area contributed by atoms with Crippen molar-refractivity contribution in [1.82, 2.24) is 14.5 Å². The van der Waals surface area contributed by atoms with Crippen LogP contribution >= 0.6 is 0 Å². The first-order chi connectivity index (χ1) is 33.8. The molecule has 0 spiro atoms. The predicted molar refractivity (Wildman–Crippen MR) is 288 cm³/mol. The van der Waals surface area contributed by atoms with Gasteiger partial charge in [-0.2, -0.15) is 0 Å². The van der Waals surface area contributed by atoms with Gasteiger partial charge in [-0.05, 0) is 126 Å². The Labute approximate surface area is 410 Å². The highest BCUT2D eigenvalue weighted by atomic mass is 16.3. The lowest BCUT2D eigenvalue weighted by atomic mass is 9.78. The smallest absolute Gasteiger partial charge is 0.149 e. The molecule has 0 aliphatic heterocycles. The lowest BCUT2D eigenvalue weighted by Crippen LogP contribution is -2.18. The summed E-state index contributed by atoms with van der Waals surface area (Å²) >= 11 is 0. The van der Waals surface area contributed by atoms with E-state index < -0.39 is 0 Å². The van der Waals surface area contributed by atoms with Crippen LogP contribution < -0.4 is 0 Å². The van der Waals surface area contributed by atoms with Crippen LogP contribution in [-0.4, -0.2) is 19.6 Å². The van der Waals surface area contributed by atoms with Gasteiger partial charge in [0.2, 0.25) is 0 Å². The van der Waals surface area contributed by atoms with E-state index >= 15 is 0 Å². The Morgan fingerprint density at radius 2 is 1.00 bits per heavy atom. The van der Waals surface area contributed by atoms with Gasteiger partial charge in [-0.15, -0.1) is 0 Å². The quantitative estimate of drug-likeness (QED) is 0.173. The molecule has 0 atom stereocenters. The minimum Gasteiger partial charge on any atom is -0.507 e. The highest BCUT2D eigenvalue weighted by Gasteiger charge is 2.31. The molecular formula is C64H65N3O. The van der Waals surface area contributed by atoms with Crippen molar-refractivity contribution < 1.29 is 10.6 Å². The molecule has 0 radical (unpaired) electrons. The Balaban J connectivity index is 1.31. The number of aromatic hydroxyl groups is 1. The summed E-state index contributed by atoms with van der Waals surface area (Å²) in [7, 11) is 0. The summed E-state index contributed by atoms with van der Waals surface area (Å²) in [5, 5.41) is 12.6. The van der Waals surface area contributed by atoms with Crippen LogP contribution in [0, 0.1) is 0 Å². The number of phenolic OH excluding ortho intramolecular Hbond substituents is 1. The zero-order valence-corrected chi connectivity index (χ0v) is 41.6.